The molecule has 3 N–H and O–H groups in total. The van der Waals surface area contributed by atoms with Crippen LogP contribution in [0.5, 0.6) is 5.75 Å². The smallest absolute Gasteiger partial charge is 0.191 e. The summed E-state index contributed by atoms with van der Waals surface area (Å²) < 4.78 is 10.9. The maximum Gasteiger partial charge on any atom is 0.191 e. The van der Waals surface area contributed by atoms with Gasteiger partial charge in [0.15, 0.2) is 5.96 Å². The van der Waals surface area contributed by atoms with Crippen LogP contribution in [0.1, 0.15) is 24.2 Å². The van der Waals surface area contributed by atoms with Crippen molar-refractivity contribution in [3.63, 3.8) is 0 Å². The summed E-state index contributed by atoms with van der Waals surface area (Å²) in [5.74, 6) is 1.37. The number of aliphatic hydroxyl groups is 1. The van der Waals surface area contributed by atoms with Crippen molar-refractivity contribution in [1.82, 2.24) is 10.6 Å². The van der Waals surface area contributed by atoms with E-state index in [2.05, 4.69) is 15.6 Å². The van der Waals surface area contributed by atoms with Gasteiger partial charge in [0.05, 0.1) is 33.0 Å². The number of halogens is 1. The Hall–Kier alpha value is -1.84. The quantitative estimate of drug-likeness (QED) is 0.203. The minimum atomic E-state index is -0.690. The van der Waals surface area contributed by atoms with E-state index in [4.69, 9.17) is 9.47 Å². The van der Waals surface area contributed by atoms with Gasteiger partial charge in [0.25, 0.3) is 0 Å². The molecular formula is C21H30IN3O3. The predicted octanol–water partition coefficient (Wildman–Crippen LogP) is 3.12. The van der Waals surface area contributed by atoms with Gasteiger partial charge in [0, 0.05) is 13.1 Å². The third-order valence-electron chi connectivity index (χ3n) is 3.90. The van der Waals surface area contributed by atoms with Crippen LogP contribution < -0.4 is 15.4 Å². The first-order chi connectivity index (χ1) is 13.2. The second kappa shape index (κ2) is 14.2. The van der Waals surface area contributed by atoms with E-state index >= 15 is 0 Å². The van der Waals surface area contributed by atoms with Crippen LogP contribution in [0.3, 0.4) is 0 Å². The lowest BCUT2D eigenvalue weighted by molar-refractivity contribution is 0.125. The molecule has 0 saturated carbocycles. The Kier molecular flexibility index (Phi) is 12.3. The average molecular weight is 499 g/mol. The number of hydrogen-bond acceptors (Lipinski definition) is 4. The Labute approximate surface area is 184 Å². The Morgan fingerprint density at radius 1 is 1.11 bits per heavy atom. The third kappa shape index (κ3) is 8.90. The van der Waals surface area contributed by atoms with Crippen molar-refractivity contribution in [3.8, 4) is 5.75 Å². The number of aliphatic hydroxyl groups excluding tert-OH is 1. The van der Waals surface area contributed by atoms with Crippen molar-refractivity contribution in [3.05, 3.63) is 65.7 Å². The Morgan fingerprint density at radius 2 is 1.89 bits per heavy atom. The number of hydrogen-bond donors (Lipinski definition) is 3. The van der Waals surface area contributed by atoms with Gasteiger partial charge in [-0.15, -0.1) is 24.0 Å². The van der Waals surface area contributed by atoms with E-state index in [0.29, 0.717) is 25.7 Å². The Morgan fingerprint density at radius 3 is 2.61 bits per heavy atom. The predicted molar refractivity (Wildman–Crippen MR) is 123 cm³/mol. The molecule has 0 amide bonds. The molecule has 2 aromatic rings. The molecule has 0 fully saturated rings. The number of rotatable bonds is 10. The second-order valence-electron chi connectivity index (χ2n) is 5.98. The Bertz CT molecular complexity index is 698. The highest BCUT2D eigenvalue weighted by molar-refractivity contribution is 14.0. The standard InChI is InChI=1S/C21H29N3O3.HI/c1-3-22-21(23-12-13-27-16-17-8-5-4-6-9-17)24-15-20(25)18-10-7-11-19(14-18)26-2;/h4-11,14,20,25H,3,12-13,15-16H2,1-2H3,(H2,22,23,24);1H. The van der Waals surface area contributed by atoms with Crippen LogP contribution in [0.25, 0.3) is 0 Å². The van der Waals surface area contributed by atoms with E-state index in [9.17, 15) is 5.11 Å². The summed E-state index contributed by atoms with van der Waals surface area (Å²) in [5.41, 5.74) is 1.93. The summed E-state index contributed by atoms with van der Waals surface area (Å²) in [7, 11) is 1.61. The normalized spacial score (nSPS) is 12.0. The van der Waals surface area contributed by atoms with E-state index in [1.54, 1.807) is 7.11 Å². The van der Waals surface area contributed by atoms with Crippen LogP contribution >= 0.6 is 24.0 Å². The van der Waals surface area contributed by atoms with Gasteiger partial charge in [-0.2, -0.15) is 0 Å². The second-order valence-corrected chi connectivity index (χ2v) is 5.98. The number of nitrogens with one attached hydrogen (secondary N) is 2. The average Bonchev–Trinajstić information content (AvgIpc) is 2.72. The van der Waals surface area contributed by atoms with E-state index in [0.717, 1.165) is 23.4 Å². The molecule has 0 radical (unpaired) electrons. The number of guanidine groups is 1. The van der Waals surface area contributed by atoms with Gasteiger partial charge in [-0.3, -0.25) is 4.99 Å². The lowest BCUT2D eigenvalue weighted by atomic mass is 10.1. The van der Waals surface area contributed by atoms with Gasteiger partial charge >= 0.3 is 0 Å². The minimum absolute atomic E-state index is 0. The number of aliphatic imine (C=N–C) groups is 1. The molecule has 0 aliphatic carbocycles. The molecule has 6 nitrogen and oxygen atoms in total. The maximum absolute atomic E-state index is 10.4. The number of ether oxygens (including phenoxy) is 2. The van der Waals surface area contributed by atoms with Gasteiger partial charge in [-0.25, -0.2) is 0 Å². The molecule has 154 valence electrons. The summed E-state index contributed by atoms with van der Waals surface area (Å²) in [4.78, 5) is 4.45. The largest absolute Gasteiger partial charge is 0.497 e. The van der Waals surface area contributed by atoms with E-state index in [-0.39, 0.29) is 30.5 Å². The molecule has 0 aliphatic heterocycles. The lowest BCUT2D eigenvalue weighted by Gasteiger charge is -2.14. The van der Waals surface area contributed by atoms with E-state index in [1.165, 1.54) is 0 Å². The van der Waals surface area contributed by atoms with Crippen molar-refractivity contribution < 1.29 is 14.6 Å². The maximum atomic E-state index is 10.4. The fourth-order valence-electron chi connectivity index (χ4n) is 2.48. The number of benzene rings is 2. The third-order valence-corrected chi connectivity index (χ3v) is 3.90. The van der Waals surface area contributed by atoms with Crippen LogP contribution in [0.15, 0.2) is 59.6 Å². The highest BCUT2D eigenvalue weighted by Crippen LogP contribution is 2.19. The van der Waals surface area contributed by atoms with E-state index in [1.807, 2.05) is 61.5 Å². The zero-order valence-corrected chi connectivity index (χ0v) is 18.8. The lowest BCUT2D eigenvalue weighted by Crippen LogP contribution is -2.39. The van der Waals surface area contributed by atoms with E-state index < -0.39 is 6.10 Å². The molecule has 0 spiro atoms. The molecule has 2 aromatic carbocycles. The molecule has 0 heterocycles. The fourth-order valence-corrected chi connectivity index (χ4v) is 2.48. The molecule has 1 atom stereocenters. The van der Waals surface area contributed by atoms with Crippen LogP contribution in [0.2, 0.25) is 0 Å². The molecular weight excluding hydrogens is 469 g/mol. The molecule has 0 aromatic heterocycles. The zero-order chi connectivity index (χ0) is 19.3. The van der Waals surface area contributed by atoms with Gasteiger partial charge < -0.3 is 25.2 Å². The number of methoxy groups -OCH3 is 1. The minimum Gasteiger partial charge on any atom is -0.497 e. The highest BCUT2D eigenvalue weighted by atomic mass is 127. The highest BCUT2D eigenvalue weighted by Gasteiger charge is 2.08. The zero-order valence-electron chi connectivity index (χ0n) is 16.4. The Balaban J connectivity index is 0.00000392. The summed E-state index contributed by atoms with van der Waals surface area (Å²) in [6, 6.07) is 17.5. The molecule has 28 heavy (non-hydrogen) atoms. The molecule has 7 heteroatoms. The SMILES string of the molecule is CCNC(=NCC(O)c1cccc(OC)c1)NCCOCc1ccccc1.I. The van der Waals surface area contributed by atoms with Crippen molar-refractivity contribution in [1.29, 1.82) is 0 Å². The molecule has 0 saturated heterocycles. The van der Waals surface area contributed by atoms with Crippen molar-refractivity contribution in [2.24, 2.45) is 4.99 Å². The monoisotopic (exact) mass is 499 g/mol. The van der Waals surface area contributed by atoms with Gasteiger partial charge in [0.2, 0.25) is 0 Å². The summed E-state index contributed by atoms with van der Waals surface area (Å²) >= 11 is 0. The van der Waals surface area contributed by atoms with Gasteiger partial charge in [0.1, 0.15) is 5.75 Å². The summed E-state index contributed by atoms with van der Waals surface area (Å²) in [6.07, 6.45) is -0.690. The van der Waals surface area contributed by atoms with Crippen LogP contribution in [0, 0.1) is 0 Å². The van der Waals surface area contributed by atoms with Crippen LogP contribution in [0.4, 0.5) is 0 Å². The summed E-state index contributed by atoms with van der Waals surface area (Å²) in [6.45, 7) is 4.79. The van der Waals surface area contributed by atoms with Crippen molar-refractivity contribution >= 4 is 29.9 Å². The van der Waals surface area contributed by atoms with Crippen molar-refractivity contribution in [2.75, 3.05) is 33.4 Å². The van der Waals surface area contributed by atoms with Crippen LogP contribution in [-0.2, 0) is 11.3 Å². The first-order valence-corrected chi connectivity index (χ1v) is 9.18. The number of nitrogens with zero attached hydrogens (tertiary/aromatic N) is 1. The first-order valence-electron chi connectivity index (χ1n) is 9.18. The van der Waals surface area contributed by atoms with Crippen LogP contribution in [-0.4, -0.2) is 44.4 Å². The fraction of sp³-hybridized carbons (Fsp3) is 0.381. The summed E-state index contributed by atoms with van der Waals surface area (Å²) in [5, 5.41) is 16.7. The molecule has 2 rings (SSSR count). The van der Waals surface area contributed by atoms with Gasteiger partial charge in [-0.1, -0.05) is 42.5 Å². The topological polar surface area (TPSA) is 75.1 Å². The molecule has 0 bridgehead atoms. The molecule has 1 unspecified atom stereocenters. The first kappa shape index (κ1) is 24.2. The van der Waals surface area contributed by atoms with Crippen molar-refractivity contribution in [2.45, 2.75) is 19.6 Å². The van der Waals surface area contributed by atoms with Gasteiger partial charge in [-0.05, 0) is 30.2 Å². The molecule has 0 aliphatic rings.